The first kappa shape index (κ1) is 31.3. The number of terminal acetylenes is 2. The van der Waals surface area contributed by atoms with Gasteiger partial charge in [-0.1, -0.05) is 36.4 Å². The van der Waals surface area contributed by atoms with Crippen LogP contribution in [0.2, 0.25) is 0 Å². The minimum Gasteiger partial charge on any atom is -0.487 e. The van der Waals surface area contributed by atoms with Crippen molar-refractivity contribution in [2.24, 2.45) is 10.2 Å². The number of non-ortho nitro benzene ring substituents is 1. The van der Waals surface area contributed by atoms with Gasteiger partial charge >= 0.3 is 5.97 Å². The van der Waals surface area contributed by atoms with Gasteiger partial charge in [0.2, 0.25) is 0 Å². The molecule has 0 amide bonds. The molecule has 9 nitrogen and oxygen atoms in total. The monoisotopic (exact) mass is 588 g/mol. The maximum Gasteiger partial charge on any atom is 0.338 e. The number of hydrogen-bond acceptors (Lipinski definition) is 8. The van der Waals surface area contributed by atoms with Gasteiger partial charge in [0.15, 0.2) is 5.75 Å². The summed E-state index contributed by atoms with van der Waals surface area (Å²) in [5, 5.41) is 21.7. The van der Waals surface area contributed by atoms with Gasteiger partial charge in [0, 0.05) is 37.7 Å². The van der Waals surface area contributed by atoms with Crippen LogP contribution in [0.15, 0.2) is 95.2 Å². The van der Waals surface area contributed by atoms with E-state index in [1.54, 1.807) is 12.1 Å². The average molecular weight is 589 g/mol. The Kier molecular flexibility index (Phi) is 11.4. The zero-order chi connectivity index (χ0) is 31.1. The van der Waals surface area contributed by atoms with Gasteiger partial charge in [-0.2, -0.15) is 5.11 Å². The highest BCUT2D eigenvalue weighted by atomic mass is 16.6. The van der Waals surface area contributed by atoms with E-state index < -0.39 is 10.9 Å². The van der Waals surface area contributed by atoms with Gasteiger partial charge in [0.05, 0.1) is 22.2 Å². The van der Waals surface area contributed by atoms with Crippen LogP contribution in [0.1, 0.15) is 36.0 Å². The Bertz CT molecular complexity index is 1680. The summed E-state index contributed by atoms with van der Waals surface area (Å²) < 4.78 is 11.2. The number of azo groups is 1. The van der Waals surface area contributed by atoms with Gasteiger partial charge in [-0.15, -0.1) is 29.8 Å². The lowest BCUT2D eigenvalue weighted by atomic mass is 10.1. The lowest BCUT2D eigenvalue weighted by molar-refractivity contribution is -0.384. The maximum atomic E-state index is 12.7. The van der Waals surface area contributed by atoms with Crippen molar-refractivity contribution in [3.05, 3.63) is 101 Å². The smallest absolute Gasteiger partial charge is 0.338 e. The number of anilines is 1. The van der Waals surface area contributed by atoms with E-state index >= 15 is 0 Å². The van der Waals surface area contributed by atoms with E-state index in [2.05, 4.69) is 27.0 Å². The first-order chi connectivity index (χ1) is 21.5. The van der Waals surface area contributed by atoms with E-state index in [1.165, 1.54) is 18.2 Å². The Balaban J connectivity index is 1.41. The van der Waals surface area contributed by atoms with Crippen molar-refractivity contribution in [2.75, 3.05) is 31.2 Å². The zero-order valence-corrected chi connectivity index (χ0v) is 24.2. The van der Waals surface area contributed by atoms with E-state index in [0.717, 1.165) is 42.4 Å². The molecule has 0 fully saturated rings. The van der Waals surface area contributed by atoms with Gasteiger partial charge in [-0.05, 0) is 60.0 Å². The Morgan fingerprint density at radius 3 is 2.27 bits per heavy atom. The van der Waals surface area contributed by atoms with E-state index in [9.17, 15) is 14.9 Å². The van der Waals surface area contributed by atoms with E-state index in [0.29, 0.717) is 29.8 Å². The number of rotatable bonds is 15. The second-order valence-electron chi connectivity index (χ2n) is 9.74. The maximum absolute atomic E-state index is 12.7. The minimum atomic E-state index is -0.522. The predicted molar refractivity (Wildman–Crippen MR) is 172 cm³/mol. The molecule has 0 spiro atoms. The van der Waals surface area contributed by atoms with Crippen molar-refractivity contribution in [3.8, 4) is 30.4 Å². The van der Waals surface area contributed by atoms with Crippen LogP contribution in [-0.4, -0.2) is 37.2 Å². The summed E-state index contributed by atoms with van der Waals surface area (Å²) >= 11 is 0. The zero-order valence-electron chi connectivity index (χ0n) is 24.2. The highest BCUT2D eigenvalue weighted by Crippen LogP contribution is 2.33. The number of hydrogen-bond donors (Lipinski definition) is 0. The highest BCUT2D eigenvalue weighted by molar-refractivity contribution is 6.04. The Labute approximate surface area is 256 Å². The van der Waals surface area contributed by atoms with Crippen LogP contribution >= 0.6 is 0 Å². The summed E-state index contributed by atoms with van der Waals surface area (Å²) in [6.07, 6.45) is 14.0. The van der Waals surface area contributed by atoms with Crippen LogP contribution in [0.25, 0.3) is 10.8 Å². The van der Waals surface area contributed by atoms with Crippen molar-refractivity contribution >= 4 is 39.5 Å². The normalized spacial score (nSPS) is 10.7. The fourth-order valence-electron chi connectivity index (χ4n) is 4.54. The van der Waals surface area contributed by atoms with E-state index in [4.69, 9.17) is 22.3 Å². The molecule has 0 saturated carbocycles. The molecule has 0 aliphatic rings. The van der Waals surface area contributed by atoms with Crippen LogP contribution in [0.3, 0.4) is 0 Å². The molecule has 0 saturated heterocycles. The fraction of sp³-hybridized carbons (Fsp3) is 0.229. The Morgan fingerprint density at radius 1 is 0.864 bits per heavy atom. The number of fused-ring (bicyclic) bond motifs is 1. The number of carbonyl (C=O) groups is 1. The Hall–Kier alpha value is -5.67. The molecule has 0 aliphatic heterocycles. The van der Waals surface area contributed by atoms with E-state index in [-0.39, 0.29) is 24.7 Å². The summed E-state index contributed by atoms with van der Waals surface area (Å²) in [7, 11) is 0. The molecule has 4 aromatic carbocycles. The van der Waals surface area contributed by atoms with Crippen LogP contribution in [-0.2, 0) is 4.74 Å². The van der Waals surface area contributed by atoms with Crippen LogP contribution in [0, 0.1) is 34.8 Å². The summed E-state index contributed by atoms with van der Waals surface area (Å²) in [5.41, 5.74) is 2.20. The largest absolute Gasteiger partial charge is 0.487 e. The molecule has 0 unspecified atom stereocenters. The molecule has 44 heavy (non-hydrogen) atoms. The number of unbranched alkanes of at least 4 members (excludes halogenated alkanes) is 2. The lowest BCUT2D eigenvalue weighted by Crippen LogP contribution is -2.25. The second kappa shape index (κ2) is 16.1. The number of benzene rings is 4. The second-order valence-corrected chi connectivity index (χ2v) is 9.74. The van der Waals surface area contributed by atoms with Gasteiger partial charge in [-0.25, -0.2) is 4.79 Å². The molecule has 0 heterocycles. The summed E-state index contributed by atoms with van der Waals surface area (Å²) in [5.74, 6) is 5.01. The molecule has 0 bridgehead atoms. The van der Waals surface area contributed by atoms with Crippen LogP contribution in [0.5, 0.6) is 5.75 Å². The lowest BCUT2D eigenvalue weighted by Gasteiger charge is -2.24. The molecule has 0 radical (unpaired) electrons. The summed E-state index contributed by atoms with van der Waals surface area (Å²) in [6, 6.07) is 24.6. The van der Waals surface area contributed by atoms with Crippen molar-refractivity contribution in [2.45, 2.75) is 25.7 Å². The predicted octanol–water partition coefficient (Wildman–Crippen LogP) is 8.03. The molecule has 222 valence electrons. The number of nitro groups is 1. The molecule has 4 aromatic rings. The third-order valence-corrected chi connectivity index (χ3v) is 6.72. The van der Waals surface area contributed by atoms with Crippen molar-refractivity contribution in [3.63, 3.8) is 0 Å². The standard InChI is InChI=1S/C35H32N4O5/c1-3-5-9-22-38(23-10-6-4-2)29-18-16-28(17-19-29)36-37-33-21-20-30(39(41)42)26-34(33)43-24-25-44-35(40)32-15-11-13-27-12-7-8-14-31(27)32/h1-2,7-8,11-21,26H,5-6,9-10,22-25H2. The number of ether oxygens (including phenoxy) is 2. The molecule has 0 atom stereocenters. The number of nitro benzene ring substituents is 1. The molecular formula is C35H32N4O5. The summed E-state index contributed by atoms with van der Waals surface area (Å²) in [6.45, 7) is 1.53. The van der Waals surface area contributed by atoms with Gasteiger partial charge in [0.25, 0.3) is 5.69 Å². The quantitative estimate of drug-likeness (QED) is 0.0347. The fourth-order valence-corrected chi connectivity index (χ4v) is 4.54. The third-order valence-electron chi connectivity index (χ3n) is 6.72. The highest BCUT2D eigenvalue weighted by Gasteiger charge is 2.14. The van der Waals surface area contributed by atoms with E-state index in [1.807, 2.05) is 54.6 Å². The van der Waals surface area contributed by atoms with Gasteiger partial charge in [0.1, 0.15) is 18.9 Å². The Morgan fingerprint density at radius 2 is 1.57 bits per heavy atom. The molecular weight excluding hydrogens is 556 g/mol. The SMILES string of the molecule is C#CCCCN(CCCC#C)c1ccc(N=Nc2ccc([N+](=O)[O-])cc2OCCOC(=O)c2cccc3ccccc23)cc1. The summed E-state index contributed by atoms with van der Waals surface area (Å²) in [4.78, 5) is 25.8. The molecule has 4 rings (SSSR count). The number of nitrogens with zero attached hydrogens (tertiary/aromatic N) is 4. The molecule has 9 heteroatoms. The molecule has 0 aromatic heterocycles. The van der Waals surface area contributed by atoms with Crippen molar-refractivity contribution in [1.29, 1.82) is 0 Å². The first-order valence-electron chi connectivity index (χ1n) is 14.2. The van der Waals surface area contributed by atoms with Crippen molar-refractivity contribution < 1.29 is 19.2 Å². The van der Waals surface area contributed by atoms with Gasteiger partial charge in [-0.3, -0.25) is 10.1 Å². The first-order valence-corrected chi connectivity index (χ1v) is 14.2. The number of carbonyl (C=O) groups excluding carboxylic acids is 1. The average Bonchev–Trinajstić information content (AvgIpc) is 3.05. The van der Waals surface area contributed by atoms with Crippen LogP contribution in [0.4, 0.5) is 22.7 Å². The third kappa shape index (κ3) is 8.67. The molecule has 0 N–H and O–H groups in total. The van der Waals surface area contributed by atoms with Crippen molar-refractivity contribution in [1.82, 2.24) is 0 Å². The van der Waals surface area contributed by atoms with Crippen LogP contribution < -0.4 is 9.64 Å². The topological polar surface area (TPSA) is 107 Å². The number of esters is 1. The minimum absolute atomic E-state index is 0.0376. The van der Waals surface area contributed by atoms with Gasteiger partial charge < -0.3 is 14.4 Å². The molecule has 0 aliphatic carbocycles.